The quantitative estimate of drug-likeness (QED) is 0.799. The smallest absolute Gasteiger partial charge is 0.244 e. The van der Waals surface area contributed by atoms with Crippen LogP contribution in [-0.2, 0) is 11.3 Å². The number of aromatic nitrogens is 2. The van der Waals surface area contributed by atoms with Gasteiger partial charge < -0.3 is 15.2 Å². The number of amides is 1. The van der Waals surface area contributed by atoms with E-state index in [2.05, 4.69) is 15.3 Å². The molecule has 6 heteroatoms. The van der Waals surface area contributed by atoms with E-state index in [4.69, 9.17) is 0 Å². The number of carbonyl (C=O) groups excluding carboxylic acids is 1. The van der Waals surface area contributed by atoms with E-state index in [0.29, 0.717) is 6.54 Å². The highest BCUT2D eigenvalue weighted by molar-refractivity contribution is 7.13. The van der Waals surface area contributed by atoms with Gasteiger partial charge in [0.25, 0.3) is 0 Å². The second kappa shape index (κ2) is 7.02. The van der Waals surface area contributed by atoms with Crippen LogP contribution in [0.15, 0.2) is 35.9 Å². The number of aromatic amines is 1. The standard InChI is InChI=1S/C14H18N4OS/c1-18(2)7-3-6-14(19)16-10-13-15-9-11(17-13)12-5-4-8-20-12/h3-6,8-9H,7,10H2,1-2H3,(H,15,17)(H,16,19)/b6-3+. The summed E-state index contributed by atoms with van der Waals surface area (Å²) < 4.78 is 0. The van der Waals surface area contributed by atoms with E-state index in [1.807, 2.05) is 42.6 Å². The Balaban J connectivity index is 1.83. The van der Waals surface area contributed by atoms with Crippen LogP contribution >= 0.6 is 11.3 Å². The zero-order valence-electron chi connectivity index (χ0n) is 11.6. The summed E-state index contributed by atoms with van der Waals surface area (Å²) in [6.45, 7) is 1.15. The van der Waals surface area contributed by atoms with Gasteiger partial charge in [-0.15, -0.1) is 11.3 Å². The van der Waals surface area contributed by atoms with Crippen molar-refractivity contribution in [2.45, 2.75) is 6.54 Å². The summed E-state index contributed by atoms with van der Waals surface area (Å²) in [5, 5.41) is 4.82. The number of hydrogen-bond acceptors (Lipinski definition) is 4. The second-order valence-electron chi connectivity index (χ2n) is 4.60. The molecule has 0 aliphatic heterocycles. The minimum absolute atomic E-state index is 0.110. The molecule has 0 saturated carbocycles. The number of likely N-dealkylation sites (N-methyl/N-ethyl adjacent to an activating group) is 1. The molecule has 0 saturated heterocycles. The molecule has 0 bridgehead atoms. The van der Waals surface area contributed by atoms with Gasteiger partial charge in [-0.2, -0.15) is 0 Å². The predicted molar refractivity (Wildman–Crippen MR) is 81.4 cm³/mol. The van der Waals surface area contributed by atoms with Crippen LogP contribution in [0.25, 0.3) is 10.6 Å². The van der Waals surface area contributed by atoms with Crippen LogP contribution in [0.2, 0.25) is 0 Å². The van der Waals surface area contributed by atoms with Crippen molar-refractivity contribution >= 4 is 17.2 Å². The molecule has 2 rings (SSSR count). The van der Waals surface area contributed by atoms with E-state index in [-0.39, 0.29) is 5.91 Å². The van der Waals surface area contributed by atoms with Gasteiger partial charge in [0.2, 0.25) is 5.91 Å². The van der Waals surface area contributed by atoms with Crippen LogP contribution in [-0.4, -0.2) is 41.4 Å². The largest absolute Gasteiger partial charge is 0.345 e. The Morgan fingerprint density at radius 2 is 2.40 bits per heavy atom. The second-order valence-corrected chi connectivity index (χ2v) is 5.55. The van der Waals surface area contributed by atoms with E-state index in [1.54, 1.807) is 23.6 Å². The maximum Gasteiger partial charge on any atom is 0.244 e. The van der Waals surface area contributed by atoms with Crippen molar-refractivity contribution in [3.63, 3.8) is 0 Å². The van der Waals surface area contributed by atoms with E-state index >= 15 is 0 Å². The Kier molecular flexibility index (Phi) is 5.09. The minimum Gasteiger partial charge on any atom is -0.345 e. The molecule has 0 aromatic carbocycles. The summed E-state index contributed by atoms with van der Waals surface area (Å²) in [5.41, 5.74) is 0.979. The topological polar surface area (TPSA) is 61.0 Å². The van der Waals surface area contributed by atoms with Crippen molar-refractivity contribution in [2.24, 2.45) is 0 Å². The molecule has 0 aliphatic rings. The normalized spacial score (nSPS) is 11.3. The molecule has 20 heavy (non-hydrogen) atoms. The Hall–Kier alpha value is -1.92. The number of rotatable bonds is 6. The number of nitrogens with zero attached hydrogens (tertiary/aromatic N) is 2. The summed E-state index contributed by atoms with van der Waals surface area (Å²) in [5.74, 6) is 0.642. The summed E-state index contributed by atoms with van der Waals surface area (Å²) in [6, 6.07) is 4.03. The van der Waals surface area contributed by atoms with Gasteiger partial charge in [0.05, 0.1) is 23.3 Å². The van der Waals surface area contributed by atoms with Gasteiger partial charge >= 0.3 is 0 Å². The van der Waals surface area contributed by atoms with Crippen LogP contribution in [0.4, 0.5) is 0 Å². The first-order valence-electron chi connectivity index (χ1n) is 6.32. The summed E-state index contributed by atoms with van der Waals surface area (Å²) in [4.78, 5) is 22.2. The molecule has 0 aliphatic carbocycles. The molecule has 0 atom stereocenters. The summed E-state index contributed by atoms with van der Waals surface area (Å²) >= 11 is 1.65. The molecule has 1 amide bonds. The monoisotopic (exact) mass is 290 g/mol. The van der Waals surface area contributed by atoms with Crippen LogP contribution in [0.5, 0.6) is 0 Å². The molecule has 5 nitrogen and oxygen atoms in total. The molecular weight excluding hydrogens is 272 g/mol. The molecular formula is C14H18N4OS. The Bertz CT molecular complexity index is 572. The minimum atomic E-state index is -0.110. The Morgan fingerprint density at radius 1 is 1.55 bits per heavy atom. The average Bonchev–Trinajstić information content (AvgIpc) is 3.06. The van der Waals surface area contributed by atoms with Crippen molar-refractivity contribution < 1.29 is 4.79 Å². The maximum atomic E-state index is 11.6. The Labute approximate surface area is 122 Å². The van der Waals surface area contributed by atoms with Gasteiger partial charge in [-0.3, -0.25) is 4.79 Å². The fourth-order valence-corrected chi connectivity index (χ4v) is 2.30. The summed E-state index contributed by atoms with van der Waals surface area (Å²) in [6.07, 6.45) is 5.16. The van der Waals surface area contributed by atoms with E-state index < -0.39 is 0 Å². The first-order valence-corrected chi connectivity index (χ1v) is 7.20. The van der Waals surface area contributed by atoms with Crippen LogP contribution < -0.4 is 5.32 Å². The zero-order valence-corrected chi connectivity index (χ0v) is 12.4. The van der Waals surface area contributed by atoms with Gasteiger partial charge in [-0.25, -0.2) is 4.98 Å². The number of thiophene rings is 1. The van der Waals surface area contributed by atoms with E-state index in [1.165, 1.54) is 0 Å². The molecule has 2 heterocycles. The first-order chi connectivity index (χ1) is 9.65. The Morgan fingerprint density at radius 3 is 3.10 bits per heavy atom. The number of carbonyl (C=O) groups is 1. The van der Waals surface area contributed by atoms with Crippen molar-refractivity contribution in [1.82, 2.24) is 20.2 Å². The molecule has 2 N–H and O–H groups in total. The lowest BCUT2D eigenvalue weighted by atomic mass is 10.4. The van der Waals surface area contributed by atoms with Crippen molar-refractivity contribution in [1.29, 1.82) is 0 Å². The van der Waals surface area contributed by atoms with Crippen molar-refractivity contribution in [3.05, 3.63) is 41.7 Å². The highest BCUT2D eigenvalue weighted by atomic mass is 32.1. The van der Waals surface area contributed by atoms with Gasteiger partial charge in [-0.1, -0.05) is 12.1 Å². The van der Waals surface area contributed by atoms with Crippen LogP contribution in [0.1, 0.15) is 5.82 Å². The molecule has 0 radical (unpaired) electrons. The van der Waals surface area contributed by atoms with Crippen molar-refractivity contribution in [2.75, 3.05) is 20.6 Å². The van der Waals surface area contributed by atoms with Gasteiger partial charge in [0.15, 0.2) is 0 Å². The van der Waals surface area contributed by atoms with Gasteiger partial charge in [0, 0.05) is 12.6 Å². The number of nitrogens with one attached hydrogen (secondary N) is 2. The number of H-pyrrole nitrogens is 1. The lowest BCUT2D eigenvalue weighted by Gasteiger charge is -2.03. The molecule has 0 spiro atoms. The highest BCUT2D eigenvalue weighted by Gasteiger charge is 2.04. The first kappa shape index (κ1) is 14.5. The third kappa shape index (κ3) is 4.32. The SMILES string of the molecule is CN(C)C/C=C/C(=O)NCc1ncc(-c2cccs2)[nH]1. The lowest BCUT2D eigenvalue weighted by molar-refractivity contribution is -0.116. The number of hydrogen-bond donors (Lipinski definition) is 2. The maximum absolute atomic E-state index is 11.6. The summed E-state index contributed by atoms with van der Waals surface area (Å²) in [7, 11) is 3.91. The fourth-order valence-electron chi connectivity index (χ4n) is 1.61. The molecule has 106 valence electrons. The molecule has 2 aromatic heterocycles. The zero-order chi connectivity index (χ0) is 14.4. The van der Waals surface area contributed by atoms with E-state index in [9.17, 15) is 4.79 Å². The van der Waals surface area contributed by atoms with Gasteiger partial charge in [0.1, 0.15) is 5.82 Å². The number of imidazole rings is 1. The third-order valence-electron chi connectivity index (χ3n) is 2.58. The highest BCUT2D eigenvalue weighted by Crippen LogP contribution is 2.22. The molecule has 0 fully saturated rings. The van der Waals surface area contributed by atoms with Crippen molar-refractivity contribution in [3.8, 4) is 10.6 Å². The molecule has 2 aromatic rings. The van der Waals surface area contributed by atoms with Gasteiger partial charge in [-0.05, 0) is 25.5 Å². The van der Waals surface area contributed by atoms with Crippen LogP contribution in [0.3, 0.4) is 0 Å². The van der Waals surface area contributed by atoms with E-state index in [0.717, 1.165) is 22.9 Å². The van der Waals surface area contributed by atoms with Crippen LogP contribution in [0, 0.1) is 0 Å². The lowest BCUT2D eigenvalue weighted by Crippen LogP contribution is -2.21. The fraction of sp³-hybridized carbons (Fsp3) is 0.286. The molecule has 0 unspecified atom stereocenters. The predicted octanol–water partition coefficient (Wildman–Crippen LogP) is 1.87. The average molecular weight is 290 g/mol. The third-order valence-corrected chi connectivity index (χ3v) is 3.49.